The summed E-state index contributed by atoms with van der Waals surface area (Å²) >= 11 is 0. The summed E-state index contributed by atoms with van der Waals surface area (Å²) in [6.45, 7) is 9.21. The number of benzene rings is 12. The van der Waals surface area contributed by atoms with Crippen LogP contribution in [0.25, 0.3) is 76.8 Å². The number of hydrogen-bond acceptors (Lipinski definition) is 2. The van der Waals surface area contributed by atoms with Gasteiger partial charge in [0.05, 0.1) is 34.1 Å². The molecule has 354 valence electrons. The lowest BCUT2D eigenvalue weighted by atomic mass is 9.82. The summed E-state index contributed by atoms with van der Waals surface area (Å²) in [5, 5.41) is 6.44. The molecule has 2 aliphatic rings. The van der Waals surface area contributed by atoms with E-state index in [1.54, 1.807) is 12.1 Å². The Morgan fingerprint density at radius 2 is 0.622 bits per heavy atom. The van der Waals surface area contributed by atoms with Gasteiger partial charge in [-0.3, -0.25) is 0 Å². The quantitative estimate of drug-likeness (QED) is 0.140. The minimum atomic E-state index is -0.292. The number of nitrogens with zero attached hydrogens (tertiary/aromatic N) is 2. The summed E-state index contributed by atoms with van der Waals surface area (Å²) in [5.74, 6) is -0.583. The van der Waals surface area contributed by atoms with Gasteiger partial charge in [0.15, 0.2) is 0 Å². The normalized spacial score (nSPS) is 13.8. The van der Waals surface area contributed by atoms with E-state index >= 15 is 8.78 Å². The van der Waals surface area contributed by atoms with Crippen LogP contribution in [0.4, 0.5) is 42.9 Å². The zero-order valence-electron chi connectivity index (χ0n) is 41.6. The van der Waals surface area contributed by atoms with Crippen molar-refractivity contribution in [1.82, 2.24) is 0 Å². The van der Waals surface area contributed by atoms with Crippen LogP contribution in [0.2, 0.25) is 0 Å². The Morgan fingerprint density at radius 3 is 1.04 bits per heavy atom. The van der Waals surface area contributed by atoms with Crippen LogP contribution < -0.4 is 9.80 Å². The molecule has 0 atom stereocenters. The first-order valence-corrected chi connectivity index (χ1v) is 25.6. The largest absolute Gasteiger partial charge is 0.309 e. The number of rotatable bonds is 8. The molecule has 14 rings (SSSR count). The average Bonchev–Trinajstić information content (AvgIpc) is 3.83. The van der Waals surface area contributed by atoms with Crippen LogP contribution in [-0.2, 0) is 10.8 Å². The van der Waals surface area contributed by atoms with Crippen molar-refractivity contribution in [2.24, 2.45) is 0 Å². The number of fused-ring (bicyclic) bond motifs is 6. The summed E-state index contributed by atoms with van der Waals surface area (Å²) in [6, 6.07) is 79.2. The molecule has 0 fully saturated rings. The fourth-order valence-corrected chi connectivity index (χ4v) is 13.0. The van der Waals surface area contributed by atoms with Gasteiger partial charge in [0.25, 0.3) is 0 Å². The predicted molar refractivity (Wildman–Crippen MR) is 305 cm³/mol. The summed E-state index contributed by atoms with van der Waals surface area (Å²) in [7, 11) is 0. The molecule has 0 saturated heterocycles. The van der Waals surface area contributed by atoms with E-state index in [9.17, 15) is 0 Å². The molecule has 0 N–H and O–H groups in total. The highest BCUT2D eigenvalue weighted by atomic mass is 19.1. The van der Waals surface area contributed by atoms with Crippen LogP contribution in [0.3, 0.4) is 0 Å². The van der Waals surface area contributed by atoms with E-state index in [0.29, 0.717) is 11.1 Å². The van der Waals surface area contributed by atoms with Crippen molar-refractivity contribution in [2.75, 3.05) is 9.80 Å². The predicted octanol–water partition coefficient (Wildman–Crippen LogP) is 19.7. The third-order valence-electron chi connectivity index (χ3n) is 16.3. The Morgan fingerprint density at radius 1 is 0.284 bits per heavy atom. The second-order valence-corrected chi connectivity index (χ2v) is 21.0. The first-order chi connectivity index (χ1) is 36.1. The molecule has 0 bridgehead atoms. The van der Waals surface area contributed by atoms with E-state index in [0.717, 1.165) is 88.7 Å². The first kappa shape index (κ1) is 43.9. The van der Waals surface area contributed by atoms with E-state index in [-0.39, 0.29) is 22.5 Å². The fourth-order valence-electron chi connectivity index (χ4n) is 13.0. The summed E-state index contributed by atoms with van der Waals surface area (Å²) in [4.78, 5) is 4.62. The van der Waals surface area contributed by atoms with E-state index < -0.39 is 0 Å². The first-order valence-electron chi connectivity index (χ1n) is 25.6. The Labute approximate surface area is 430 Å². The van der Waals surface area contributed by atoms with Crippen molar-refractivity contribution in [3.63, 3.8) is 0 Å². The Bertz CT molecular complexity index is 3960. The second kappa shape index (κ2) is 16.3. The van der Waals surface area contributed by atoms with Crippen molar-refractivity contribution in [2.45, 2.75) is 38.5 Å². The minimum absolute atomic E-state index is 0.262. The molecule has 12 aromatic rings. The van der Waals surface area contributed by atoms with Gasteiger partial charge in [-0.2, -0.15) is 0 Å². The van der Waals surface area contributed by atoms with Crippen molar-refractivity contribution in [3.05, 3.63) is 264 Å². The monoisotopic (exact) mass is 956 g/mol. The molecule has 0 unspecified atom stereocenters. The smallest absolute Gasteiger partial charge is 0.133 e. The third kappa shape index (κ3) is 6.27. The lowest BCUT2D eigenvalue weighted by Crippen LogP contribution is -2.17. The van der Waals surface area contributed by atoms with Gasteiger partial charge in [-0.1, -0.05) is 210 Å². The van der Waals surface area contributed by atoms with Crippen LogP contribution in [0.15, 0.2) is 231 Å². The van der Waals surface area contributed by atoms with Crippen molar-refractivity contribution >= 4 is 66.4 Å². The third-order valence-corrected chi connectivity index (χ3v) is 16.3. The van der Waals surface area contributed by atoms with E-state index in [1.165, 1.54) is 33.4 Å². The maximum atomic E-state index is 16.9. The number of anilines is 6. The maximum absolute atomic E-state index is 16.9. The standard InChI is InChI=1S/C70H50F2N2/c1-69(2)51-25-13-11-23-47(51)67-53(69)27-15-31-61(67)73(59-33-17-29-55(71)65(59)43-19-7-5-8-20-43)57-41-37-45-36-40-50-58(42-38-46-35-39-49(57)63(45)64(46)50)74(60-34-18-30-56(72)66(60)44-21-9-6-10-22-44)62-32-16-28-54-68(62)48-24-12-14-26-52(48)70(54,3)4/h5-42H,1-4H3. The molecule has 12 aromatic carbocycles. The van der Waals surface area contributed by atoms with Crippen LogP contribution >= 0.6 is 0 Å². The van der Waals surface area contributed by atoms with Gasteiger partial charge in [-0.05, 0) is 115 Å². The Balaban J connectivity index is 1.08. The van der Waals surface area contributed by atoms with Gasteiger partial charge in [0.1, 0.15) is 11.6 Å². The molecule has 4 heteroatoms. The van der Waals surface area contributed by atoms with Crippen molar-refractivity contribution < 1.29 is 8.78 Å². The lowest BCUT2D eigenvalue weighted by molar-refractivity contribution is 0.631. The number of hydrogen-bond donors (Lipinski definition) is 0. The molecule has 0 aliphatic heterocycles. The van der Waals surface area contributed by atoms with Crippen LogP contribution in [0.1, 0.15) is 49.9 Å². The minimum Gasteiger partial charge on any atom is -0.309 e. The van der Waals surface area contributed by atoms with E-state index in [4.69, 9.17) is 0 Å². The highest BCUT2D eigenvalue weighted by molar-refractivity contribution is 6.28. The molecule has 0 saturated carbocycles. The molecular weight excluding hydrogens is 907 g/mol. The zero-order valence-corrected chi connectivity index (χ0v) is 41.6. The average molecular weight is 957 g/mol. The Hall–Kier alpha value is -8.86. The van der Waals surface area contributed by atoms with E-state index in [1.807, 2.05) is 72.8 Å². The maximum Gasteiger partial charge on any atom is 0.133 e. The summed E-state index contributed by atoms with van der Waals surface area (Å²) in [5.41, 5.74) is 17.1. The van der Waals surface area contributed by atoms with Gasteiger partial charge >= 0.3 is 0 Å². The highest BCUT2D eigenvalue weighted by Gasteiger charge is 2.40. The van der Waals surface area contributed by atoms with Gasteiger partial charge in [0.2, 0.25) is 0 Å². The SMILES string of the molecule is CC1(C)c2ccccc2-c2c(N(c3cccc(F)c3-c3ccccc3)c3ccc4ccc5c(N(c6cccc(F)c6-c6ccccc6)c6cccc7c6-c6ccccc6C7(C)C)ccc6ccc3c4c65)cccc21. The topological polar surface area (TPSA) is 6.48 Å². The molecule has 0 spiro atoms. The molecule has 2 nitrogen and oxygen atoms in total. The lowest BCUT2D eigenvalue weighted by Gasteiger charge is -2.33. The fraction of sp³-hybridized carbons (Fsp3) is 0.0857. The van der Waals surface area contributed by atoms with Crippen LogP contribution in [0.5, 0.6) is 0 Å². The second-order valence-electron chi connectivity index (χ2n) is 21.0. The molecule has 0 amide bonds. The number of halogens is 2. The zero-order chi connectivity index (χ0) is 50.0. The van der Waals surface area contributed by atoms with Crippen molar-refractivity contribution in [3.8, 4) is 44.5 Å². The molecule has 74 heavy (non-hydrogen) atoms. The van der Waals surface area contributed by atoms with Gasteiger partial charge < -0.3 is 9.80 Å². The molecule has 0 heterocycles. The van der Waals surface area contributed by atoms with E-state index in [2.05, 4.69) is 183 Å². The van der Waals surface area contributed by atoms with Crippen molar-refractivity contribution in [1.29, 1.82) is 0 Å². The Kier molecular flexibility index (Phi) is 9.68. The van der Waals surface area contributed by atoms with Crippen LogP contribution in [0, 0.1) is 11.6 Å². The summed E-state index contributed by atoms with van der Waals surface area (Å²) in [6.07, 6.45) is 0. The molecule has 2 aliphatic carbocycles. The van der Waals surface area contributed by atoms with Gasteiger partial charge in [0, 0.05) is 43.9 Å². The molecular formula is C70H50F2N2. The van der Waals surface area contributed by atoms with Gasteiger partial charge in [-0.25, -0.2) is 8.78 Å². The molecule has 0 aromatic heterocycles. The summed E-state index contributed by atoms with van der Waals surface area (Å²) < 4.78 is 33.8. The van der Waals surface area contributed by atoms with Gasteiger partial charge in [-0.15, -0.1) is 0 Å². The highest BCUT2D eigenvalue weighted by Crippen LogP contribution is 2.59. The molecule has 0 radical (unpaired) electrons. The van der Waals surface area contributed by atoms with Crippen LogP contribution in [-0.4, -0.2) is 0 Å².